The SMILES string of the molecule is Cc1ccccc1N=Nc1ccc(C=O)c(Cl)c1. The van der Waals surface area contributed by atoms with Crippen molar-refractivity contribution in [2.75, 3.05) is 0 Å². The van der Waals surface area contributed by atoms with E-state index in [0.29, 0.717) is 22.6 Å². The summed E-state index contributed by atoms with van der Waals surface area (Å²) >= 11 is 5.91. The van der Waals surface area contributed by atoms with Crippen LogP contribution < -0.4 is 0 Å². The van der Waals surface area contributed by atoms with Crippen LogP contribution in [0.25, 0.3) is 0 Å². The number of nitrogens with zero attached hydrogens (tertiary/aromatic N) is 2. The van der Waals surface area contributed by atoms with Gasteiger partial charge in [0.15, 0.2) is 6.29 Å². The third-order valence-electron chi connectivity index (χ3n) is 2.50. The molecule has 2 aromatic rings. The lowest BCUT2D eigenvalue weighted by Gasteiger charge is -1.99. The lowest BCUT2D eigenvalue weighted by Crippen LogP contribution is -1.79. The van der Waals surface area contributed by atoms with Crippen molar-refractivity contribution in [1.29, 1.82) is 0 Å². The molecule has 0 aliphatic rings. The highest BCUT2D eigenvalue weighted by Crippen LogP contribution is 2.25. The molecule has 0 radical (unpaired) electrons. The Labute approximate surface area is 110 Å². The van der Waals surface area contributed by atoms with Gasteiger partial charge in [-0.25, -0.2) is 0 Å². The Hall–Kier alpha value is -2.00. The van der Waals surface area contributed by atoms with Crippen LogP contribution in [-0.2, 0) is 0 Å². The minimum atomic E-state index is 0.381. The van der Waals surface area contributed by atoms with Crippen molar-refractivity contribution in [2.24, 2.45) is 10.2 Å². The van der Waals surface area contributed by atoms with Gasteiger partial charge in [0.2, 0.25) is 0 Å². The number of carbonyl (C=O) groups is 1. The first-order chi connectivity index (χ1) is 8.70. The van der Waals surface area contributed by atoms with Gasteiger partial charge in [-0.15, -0.1) is 0 Å². The van der Waals surface area contributed by atoms with Crippen molar-refractivity contribution in [3.8, 4) is 0 Å². The number of rotatable bonds is 3. The molecule has 4 heteroatoms. The molecule has 0 aliphatic carbocycles. The molecular weight excluding hydrogens is 248 g/mol. The standard InChI is InChI=1S/C14H11ClN2O/c1-10-4-2-3-5-14(10)17-16-12-7-6-11(9-18)13(15)8-12/h2-9H,1H3. The number of halogens is 1. The predicted octanol–water partition coefficient (Wildman–Crippen LogP) is 4.88. The largest absolute Gasteiger partial charge is 0.298 e. The molecule has 0 unspecified atom stereocenters. The van der Waals surface area contributed by atoms with Crippen LogP contribution in [0.2, 0.25) is 5.02 Å². The van der Waals surface area contributed by atoms with Gasteiger partial charge in [-0.05, 0) is 36.8 Å². The Kier molecular flexibility index (Phi) is 3.85. The van der Waals surface area contributed by atoms with E-state index in [1.807, 2.05) is 31.2 Å². The number of carbonyl (C=O) groups excluding carboxylic acids is 1. The first-order valence-electron chi connectivity index (χ1n) is 5.43. The topological polar surface area (TPSA) is 41.8 Å². The van der Waals surface area contributed by atoms with Crippen LogP contribution in [-0.4, -0.2) is 6.29 Å². The Morgan fingerprint density at radius 1 is 1.11 bits per heavy atom. The molecule has 0 fully saturated rings. The molecule has 2 aromatic carbocycles. The molecule has 2 rings (SSSR count). The number of aldehydes is 1. The first-order valence-corrected chi connectivity index (χ1v) is 5.80. The van der Waals surface area contributed by atoms with Crippen LogP contribution in [0.1, 0.15) is 15.9 Å². The number of aryl methyl sites for hydroxylation is 1. The molecule has 0 amide bonds. The monoisotopic (exact) mass is 258 g/mol. The van der Waals surface area contributed by atoms with Gasteiger partial charge in [-0.1, -0.05) is 29.8 Å². The highest BCUT2D eigenvalue weighted by atomic mass is 35.5. The van der Waals surface area contributed by atoms with E-state index in [0.717, 1.165) is 11.3 Å². The number of azo groups is 1. The third kappa shape index (κ3) is 2.81. The molecule has 90 valence electrons. The number of hydrogen-bond donors (Lipinski definition) is 0. The first kappa shape index (κ1) is 12.5. The summed E-state index contributed by atoms with van der Waals surface area (Å²) in [7, 11) is 0. The molecule has 0 aliphatic heterocycles. The Bertz CT molecular complexity index is 608. The van der Waals surface area contributed by atoms with Crippen LogP contribution in [0, 0.1) is 6.92 Å². The maximum atomic E-state index is 10.6. The van der Waals surface area contributed by atoms with Gasteiger partial charge in [-0.3, -0.25) is 4.79 Å². The van der Waals surface area contributed by atoms with Crippen LogP contribution in [0.15, 0.2) is 52.7 Å². The molecular formula is C14H11ClN2O. The third-order valence-corrected chi connectivity index (χ3v) is 2.83. The fraction of sp³-hybridized carbons (Fsp3) is 0.0714. The highest BCUT2D eigenvalue weighted by molar-refractivity contribution is 6.33. The van der Waals surface area contributed by atoms with Crippen LogP contribution in [0.5, 0.6) is 0 Å². The molecule has 0 saturated heterocycles. The summed E-state index contributed by atoms with van der Waals surface area (Å²) in [4.78, 5) is 10.6. The summed E-state index contributed by atoms with van der Waals surface area (Å²) in [6.07, 6.45) is 0.713. The summed E-state index contributed by atoms with van der Waals surface area (Å²) in [5, 5.41) is 8.63. The van der Waals surface area contributed by atoms with E-state index >= 15 is 0 Å². The van der Waals surface area contributed by atoms with Crippen molar-refractivity contribution in [1.82, 2.24) is 0 Å². The average Bonchev–Trinajstić information content (AvgIpc) is 2.38. The second-order valence-electron chi connectivity index (χ2n) is 3.81. The molecule has 0 aromatic heterocycles. The summed E-state index contributed by atoms with van der Waals surface area (Å²) in [5.74, 6) is 0. The van der Waals surface area contributed by atoms with Crippen molar-refractivity contribution in [2.45, 2.75) is 6.92 Å². The fourth-order valence-electron chi connectivity index (χ4n) is 1.46. The van der Waals surface area contributed by atoms with Crippen LogP contribution in [0.3, 0.4) is 0 Å². The number of hydrogen-bond acceptors (Lipinski definition) is 3. The molecule has 0 bridgehead atoms. The van der Waals surface area contributed by atoms with Crippen molar-refractivity contribution >= 4 is 29.3 Å². The van der Waals surface area contributed by atoms with Gasteiger partial charge in [0.25, 0.3) is 0 Å². The molecule has 0 heterocycles. The van der Waals surface area contributed by atoms with Gasteiger partial charge in [0.05, 0.1) is 16.4 Å². The Morgan fingerprint density at radius 3 is 2.56 bits per heavy atom. The van der Waals surface area contributed by atoms with E-state index in [2.05, 4.69) is 10.2 Å². The summed E-state index contributed by atoms with van der Waals surface area (Å²) in [6, 6.07) is 12.7. The van der Waals surface area contributed by atoms with E-state index in [-0.39, 0.29) is 0 Å². The second kappa shape index (κ2) is 5.56. The fourth-order valence-corrected chi connectivity index (χ4v) is 1.68. The van der Waals surface area contributed by atoms with E-state index in [1.165, 1.54) is 0 Å². The quantitative estimate of drug-likeness (QED) is 0.572. The van der Waals surface area contributed by atoms with Crippen LogP contribution in [0.4, 0.5) is 11.4 Å². The minimum Gasteiger partial charge on any atom is -0.298 e. The smallest absolute Gasteiger partial charge is 0.151 e. The van der Waals surface area contributed by atoms with E-state index < -0.39 is 0 Å². The molecule has 0 spiro atoms. The normalized spacial score (nSPS) is 10.8. The van der Waals surface area contributed by atoms with Gasteiger partial charge in [0.1, 0.15) is 0 Å². The molecule has 0 N–H and O–H groups in total. The number of benzene rings is 2. The molecule has 18 heavy (non-hydrogen) atoms. The lowest BCUT2D eigenvalue weighted by molar-refractivity contribution is 0.112. The van der Waals surface area contributed by atoms with E-state index in [4.69, 9.17) is 11.6 Å². The second-order valence-corrected chi connectivity index (χ2v) is 4.22. The Morgan fingerprint density at radius 2 is 1.89 bits per heavy atom. The zero-order chi connectivity index (χ0) is 13.0. The molecule has 3 nitrogen and oxygen atoms in total. The van der Waals surface area contributed by atoms with Crippen molar-refractivity contribution in [3.63, 3.8) is 0 Å². The van der Waals surface area contributed by atoms with Gasteiger partial charge >= 0.3 is 0 Å². The highest BCUT2D eigenvalue weighted by Gasteiger charge is 2.00. The maximum Gasteiger partial charge on any atom is 0.151 e. The molecule has 0 saturated carbocycles. The van der Waals surface area contributed by atoms with Gasteiger partial charge in [-0.2, -0.15) is 10.2 Å². The summed E-state index contributed by atoms with van der Waals surface area (Å²) < 4.78 is 0. The van der Waals surface area contributed by atoms with E-state index in [9.17, 15) is 4.79 Å². The predicted molar refractivity (Wildman–Crippen MR) is 72.2 cm³/mol. The minimum absolute atomic E-state index is 0.381. The van der Waals surface area contributed by atoms with E-state index in [1.54, 1.807) is 18.2 Å². The van der Waals surface area contributed by atoms with Gasteiger partial charge < -0.3 is 0 Å². The Balaban J connectivity index is 2.27. The zero-order valence-electron chi connectivity index (χ0n) is 9.80. The summed E-state index contributed by atoms with van der Waals surface area (Å²) in [6.45, 7) is 1.97. The lowest BCUT2D eigenvalue weighted by atomic mass is 10.2. The van der Waals surface area contributed by atoms with Crippen LogP contribution >= 0.6 is 11.6 Å². The average molecular weight is 259 g/mol. The van der Waals surface area contributed by atoms with Crippen molar-refractivity contribution < 1.29 is 4.79 Å². The van der Waals surface area contributed by atoms with Gasteiger partial charge in [0, 0.05) is 5.56 Å². The maximum absolute atomic E-state index is 10.6. The molecule has 0 atom stereocenters. The van der Waals surface area contributed by atoms with Crippen molar-refractivity contribution in [3.05, 3.63) is 58.6 Å². The summed E-state index contributed by atoms with van der Waals surface area (Å²) in [5.41, 5.74) is 2.94. The zero-order valence-corrected chi connectivity index (χ0v) is 10.6.